The summed E-state index contributed by atoms with van der Waals surface area (Å²) in [7, 11) is 0. The van der Waals surface area contributed by atoms with Gasteiger partial charge in [0.2, 0.25) is 0 Å². The Morgan fingerprint density at radius 2 is 1.95 bits per heavy atom. The molecule has 1 aromatic rings. The van der Waals surface area contributed by atoms with E-state index < -0.39 is 0 Å². The van der Waals surface area contributed by atoms with Crippen molar-refractivity contribution < 1.29 is 0 Å². The molecule has 2 aliphatic heterocycles. The second kappa shape index (κ2) is 7.47. The Kier molecular flexibility index (Phi) is 5.37. The predicted molar refractivity (Wildman–Crippen MR) is 94.7 cm³/mol. The fourth-order valence-corrected chi connectivity index (χ4v) is 3.76. The first-order chi connectivity index (χ1) is 10.7. The van der Waals surface area contributed by atoms with Gasteiger partial charge < -0.3 is 10.2 Å². The third kappa shape index (κ3) is 4.02. The molecule has 122 valence electrons. The third-order valence-corrected chi connectivity index (χ3v) is 5.21. The molecular formula is C19H31N3. The molecular weight excluding hydrogens is 270 g/mol. The maximum Gasteiger partial charge on any atom is 0.0369 e. The van der Waals surface area contributed by atoms with Gasteiger partial charge in [-0.25, -0.2) is 0 Å². The zero-order valence-electron chi connectivity index (χ0n) is 14.2. The molecule has 2 fully saturated rings. The average molecular weight is 301 g/mol. The first-order valence-electron chi connectivity index (χ1n) is 9.04. The Morgan fingerprint density at radius 1 is 1.14 bits per heavy atom. The van der Waals surface area contributed by atoms with Crippen molar-refractivity contribution in [3.8, 4) is 0 Å². The molecule has 0 bridgehead atoms. The molecule has 1 atom stereocenters. The maximum atomic E-state index is 3.66. The van der Waals surface area contributed by atoms with Crippen molar-refractivity contribution in [1.82, 2.24) is 10.2 Å². The first-order valence-corrected chi connectivity index (χ1v) is 9.04. The predicted octanol–water partition coefficient (Wildman–Crippen LogP) is 2.90. The zero-order valence-corrected chi connectivity index (χ0v) is 14.2. The Hall–Kier alpha value is -1.06. The van der Waals surface area contributed by atoms with Crippen LogP contribution < -0.4 is 10.2 Å². The Morgan fingerprint density at radius 3 is 2.64 bits per heavy atom. The van der Waals surface area contributed by atoms with Crippen LogP contribution in [0.1, 0.15) is 38.7 Å². The smallest absolute Gasteiger partial charge is 0.0369 e. The van der Waals surface area contributed by atoms with E-state index in [1.54, 1.807) is 0 Å². The second-order valence-electron chi connectivity index (χ2n) is 7.14. The number of piperidine rings is 1. The van der Waals surface area contributed by atoms with E-state index in [-0.39, 0.29) is 0 Å². The van der Waals surface area contributed by atoms with E-state index in [9.17, 15) is 0 Å². The van der Waals surface area contributed by atoms with Crippen molar-refractivity contribution in [2.45, 2.75) is 51.6 Å². The molecule has 1 aromatic carbocycles. The average Bonchev–Trinajstić information content (AvgIpc) is 2.56. The highest BCUT2D eigenvalue weighted by Gasteiger charge is 2.19. The van der Waals surface area contributed by atoms with Gasteiger partial charge in [-0.15, -0.1) is 0 Å². The molecule has 1 unspecified atom stereocenters. The summed E-state index contributed by atoms with van der Waals surface area (Å²) < 4.78 is 0. The summed E-state index contributed by atoms with van der Waals surface area (Å²) >= 11 is 0. The summed E-state index contributed by atoms with van der Waals surface area (Å²) in [6.07, 6.45) is 5.24. The van der Waals surface area contributed by atoms with Gasteiger partial charge in [-0.1, -0.05) is 18.6 Å². The van der Waals surface area contributed by atoms with E-state index in [1.165, 1.54) is 56.6 Å². The number of benzene rings is 1. The molecule has 2 heterocycles. The van der Waals surface area contributed by atoms with E-state index in [0.29, 0.717) is 12.1 Å². The van der Waals surface area contributed by atoms with Crippen molar-refractivity contribution in [2.24, 2.45) is 0 Å². The molecule has 2 aliphatic rings. The molecule has 22 heavy (non-hydrogen) atoms. The molecule has 1 N–H and O–H groups in total. The molecule has 0 saturated carbocycles. The lowest BCUT2D eigenvalue weighted by Crippen LogP contribution is -2.48. The summed E-state index contributed by atoms with van der Waals surface area (Å²) in [5, 5.41) is 3.66. The fourth-order valence-electron chi connectivity index (χ4n) is 3.76. The standard InChI is InChI=1S/C19H31N3/c1-16(2)21-10-12-22(13-11-21)19-8-5-6-17(15-19)14-18-7-3-4-9-20-18/h5-6,8,15-16,18,20H,3-4,7,9-14H2,1-2H3. The largest absolute Gasteiger partial charge is 0.369 e. The summed E-state index contributed by atoms with van der Waals surface area (Å²) in [6.45, 7) is 10.5. The molecule has 3 heteroatoms. The normalized spacial score (nSPS) is 24.0. The van der Waals surface area contributed by atoms with Crippen molar-refractivity contribution >= 4 is 5.69 Å². The Labute approximate surface area is 135 Å². The van der Waals surface area contributed by atoms with E-state index in [1.807, 2.05) is 0 Å². The monoisotopic (exact) mass is 301 g/mol. The number of piperazine rings is 1. The molecule has 0 aliphatic carbocycles. The van der Waals surface area contributed by atoms with Crippen LogP contribution in [0.4, 0.5) is 5.69 Å². The van der Waals surface area contributed by atoms with Crippen LogP contribution in [-0.2, 0) is 6.42 Å². The van der Waals surface area contributed by atoms with Gasteiger partial charge in [0.15, 0.2) is 0 Å². The van der Waals surface area contributed by atoms with Crippen LogP contribution in [0.2, 0.25) is 0 Å². The lowest BCUT2D eigenvalue weighted by molar-refractivity contribution is 0.209. The van der Waals surface area contributed by atoms with Crippen molar-refractivity contribution in [3.63, 3.8) is 0 Å². The Balaban J connectivity index is 1.59. The summed E-state index contributed by atoms with van der Waals surface area (Å²) in [6, 6.07) is 10.6. The number of hydrogen-bond donors (Lipinski definition) is 1. The van der Waals surface area contributed by atoms with Crippen molar-refractivity contribution in [2.75, 3.05) is 37.6 Å². The SMILES string of the molecule is CC(C)N1CCN(c2cccc(CC3CCCCN3)c2)CC1. The highest BCUT2D eigenvalue weighted by atomic mass is 15.3. The maximum absolute atomic E-state index is 3.66. The highest BCUT2D eigenvalue weighted by Crippen LogP contribution is 2.21. The molecule has 3 nitrogen and oxygen atoms in total. The molecule has 2 saturated heterocycles. The van der Waals surface area contributed by atoms with Crippen LogP contribution >= 0.6 is 0 Å². The zero-order chi connectivity index (χ0) is 15.4. The number of nitrogens with one attached hydrogen (secondary N) is 1. The highest BCUT2D eigenvalue weighted by molar-refractivity contribution is 5.49. The van der Waals surface area contributed by atoms with Crippen molar-refractivity contribution in [1.29, 1.82) is 0 Å². The van der Waals surface area contributed by atoms with Crippen molar-refractivity contribution in [3.05, 3.63) is 29.8 Å². The lowest BCUT2D eigenvalue weighted by Gasteiger charge is -2.38. The van der Waals surface area contributed by atoms with E-state index >= 15 is 0 Å². The van der Waals surface area contributed by atoms with Gasteiger partial charge in [-0.05, 0) is 57.4 Å². The quantitative estimate of drug-likeness (QED) is 0.922. The second-order valence-corrected chi connectivity index (χ2v) is 7.14. The van der Waals surface area contributed by atoms with Gasteiger partial charge in [-0.3, -0.25) is 4.90 Å². The van der Waals surface area contributed by atoms with Crippen LogP contribution in [0.25, 0.3) is 0 Å². The molecule has 0 radical (unpaired) electrons. The minimum absolute atomic E-state index is 0.672. The molecule has 0 amide bonds. The topological polar surface area (TPSA) is 18.5 Å². The Bertz CT molecular complexity index is 458. The molecule has 0 aromatic heterocycles. The van der Waals surface area contributed by atoms with Crippen LogP contribution in [0.3, 0.4) is 0 Å². The van der Waals surface area contributed by atoms with Gasteiger partial charge in [0.05, 0.1) is 0 Å². The van der Waals surface area contributed by atoms with Crippen LogP contribution in [0.5, 0.6) is 0 Å². The minimum Gasteiger partial charge on any atom is -0.369 e. The first kappa shape index (κ1) is 15.8. The summed E-state index contributed by atoms with van der Waals surface area (Å²) in [5.41, 5.74) is 2.90. The third-order valence-electron chi connectivity index (χ3n) is 5.21. The number of hydrogen-bond acceptors (Lipinski definition) is 3. The lowest BCUT2D eigenvalue weighted by atomic mass is 9.97. The fraction of sp³-hybridized carbons (Fsp3) is 0.684. The summed E-state index contributed by atoms with van der Waals surface area (Å²) in [5.74, 6) is 0. The van der Waals surface area contributed by atoms with Gasteiger partial charge in [0.25, 0.3) is 0 Å². The number of rotatable bonds is 4. The van der Waals surface area contributed by atoms with E-state index in [4.69, 9.17) is 0 Å². The van der Waals surface area contributed by atoms with Gasteiger partial charge in [0, 0.05) is 44.0 Å². The number of nitrogens with zero attached hydrogens (tertiary/aromatic N) is 2. The van der Waals surface area contributed by atoms with Crippen LogP contribution in [0.15, 0.2) is 24.3 Å². The van der Waals surface area contributed by atoms with Gasteiger partial charge in [0.1, 0.15) is 0 Å². The van der Waals surface area contributed by atoms with E-state index in [2.05, 4.69) is 53.2 Å². The minimum atomic E-state index is 0.672. The molecule has 3 rings (SSSR count). The van der Waals surface area contributed by atoms with Crippen LogP contribution in [-0.4, -0.2) is 49.7 Å². The van der Waals surface area contributed by atoms with E-state index in [0.717, 1.165) is 13.1 Å². The van der Waals surface area contributed by atoms with Crippen LogP contribution in [0, 0.1) is 0 Å². The summed E-state index contributed by atoms with van der Waals surface area (Å²) in [4.78, 5) is 5.13. The van der Waals surface area contributed by atoms with Gasteiger partial charge in [-0.2, -0.15) is 0 Å². The molecule has 0 spiro atoms. The van der Waals surface area contributed by atoms with Gasteiger partial charge >= 0.3 is 0 Å². The number of anilines is 1.